The van der Waals surface area contributed by atoms with Crippen LogP contribution < -0.4 is 5.32 Å². The molecule has 1 saturated heterocycles. The van der Waals surface area contributed by atoms with Crippen LogP contribution >= 0.6 is 11.3 Å². The van der Waals surface area contributed by atoms with Crippen molar-refractivity contribution in [2.45, 2.75) is 32.7 Å². The zero-order chi connectivity index (χ0) is 17.1. The first-order valence-corrected chi connectivity index (χ1v) is 9.37. The highest BCUT2D eigenvalue weighted by molar-refractivity contribution is 7.13. The average Bonchev–Trinajstić information content (AvgIpc) is 3.21. The highest BCUT2D eigenvalue weighted by atomic mass is 32.1. The number of hydrogen-bond acceptors (Lipinski definition) is 5. The number of aryl methyl sites for hydroxylation is 1. The van der Waals surface area contributed by atoms with E-state index in [4.69, 9.17) is 0 Å². The van der Waals surface area contributed by atoms with Crippen LogP contribution in [-0.4, -0.2) is 51.2 Å². The van der Waals surface area contributed by atoms with Crippen molar-refractivity contribution < 1.29 is 4.79 Å². The number of aromatic nitrogens is 3. The second-order valence-electron chi connectivity index (χ2n) is 6.75. The third kappa shape index (κ3) is 4.02. The lowest BCUT2D eigenvalue weighted by Gasteiger charge is -2.35. The zero-order valence-electron chi connectivity index (χ0n) is 14.5. The van der Waals surface area contributed by atoms with Crippen molar-refractivity contribution in [1.29, 1.82) is 0 Å². The van der Waals surface area contributed by atoms with Crippen LogP contribution in [0.2, 0.25) is 0 Å². The molecule has 0 unspecified atom stereocenters. The maximum atomic E-state index is 12.4. The summed E-state index contributed by atoms with van der Waals surface area (Å²) in [5.41, 5.74) is 1.44. The van der Waals surface area contributed by atoms with Crippen LogP contribution in [0.1, 0.15) is 37.2 Å². The van der Waals surface area contributed by atoms with E-state index >= 15 is 0 Å². The van der Waals surface area contributed by atoms with Crippen LogP contribution in [0, 0.1) is 5.92 Å². The van der Waals surface area contributed by atoms with Gasteiger partial charge in [0.05, 0.1) is 6.20 Å². The van der Waals surface area contributed by atoms with Gasteiger partial charge in [0.25, 0.3) is 5.91 Å². The first kappa shape index (κ1) is 17.1. The average molecular weight is 347 g/mol. The number of hydrogen-bond donors (Lipinski definition) is 1. The lowest BCUT2D eigenvalue weighted by atomic mass is 9.97. The van der Waals surface area contributed by atoms with Crippen molar-refractivity contribution in [2.24, 2.45) is 13.0 Å². The van der Waals surface area contributed by atoms with Crippen molar-refractivity contribution in [3.63, 3.8) is 0 Å². The number of piperidine rings is 1. The Morgan fingerprint density at radius 2 is 2.33 bits per heavy atom. The Bertz CT molecular complexity index is 693. The highest BCUT2D eigenvalue weighted by Crippen LogP contribution is 2.23. The molecule has 0 spiro atoms. The summed E-state index contributed by atoms with van der Waals surface area (Å²) in [5.74, 6) is 0.449. The van der Waals surface area contributed by atoms with Gasteiger partial charge >= 0.3 is 0 Å². The summed E-state index contributed by atoms with van der Waals surface area (Å²) in [6, 6.07) is 0.573. The van der Waals surface area contributed by atoms with Gasteiger partial charge in [0.2, 0.25) is 0 Å². The summed E-state index contributed by atoms with van der Waals surface area (Å²) in [4.78, 5) is 19.3. The predicted octanol–water partition coefficient (Wildman–Crippen LogP) is 2.39. The molecule has 1 aliphatic heterocycles. The zero-order valence-corrected chi connectivity index (χ0v) is 15.3. The third-order valence-electron chi connectivity index (χ3n) is 4.52. The molecule has 0 aromatic carbocycles. The van der Waals surface area contributed by atoms with Crippen molar-refractivity contribution in [3.8, 4) is 10.6 Å². The number of likely N-dealkylation sites (tertiary alicyclic amines) is 1. The quantitative estimate of drug-likeness (QED) is 0.902. The molecule has 1 amide bonds. The molecule has 24 heavy (non-hydrogen) atoms. The van der Waals surface area contributed by atoms with Gasteiger partial charge in [-0.1, -0.05) is 0 Å². The fraction of sp³-hybridized carbons (Fsp3) is 0.588. The van der Waals surface area contributed by atoms with E-state index in [-0.39, 0.29) is 5.91 Å². The van der Waals surface area contributed by atoms with E-state index in [9.17, 15) is 4.79 Å². The molecule has 1 fully saturated rings. The molecule has 6 nitrogen and oxygen atoms in total. The maximum Gasteiger partial charge on any atom is 0.270 e. The second-order valence-corrected chi connectivity index (χ2v) is 7.61. The number of carbonyl (C=O) groups is 1. The molecule has 1 aliphatic rings. The maximum absolute atomic E-state index is 12.4. The minimum Gasteiger partial charge on any atom is -0.350 e. The van der Waals surface area contributed by atoms with Crippen LogP contribution in [0.25, 0.3) is 10.6 Å². The molecule has 0 radical (unpaired) electrons. The molecule has 130 valence electrons. The van der Waals surface area contributed by atoms with E-state index in [0.717, 1.165) is 23.7 Å². The summed E-state index contributed by atoms with van der Waals surface area (Å²) in [7, 11) is 1.87. The smallest absolute Gasteiger partial charge is 0.270 e. The van der Waals surface area contributed by atoms with Gasteiger partial charge in [0.15, 0.2) is 0 Å². The van der Waals surface area contributed by atoms with Gasteiger partial charge in [0, 0.05) is 43.3 Å². The number of nitrogens with one attached hydrogen (secondary N) is 1. The SMILES string of the molecule is CC(C)N1CCC[C@@H](CNC(=O)c2csc(-c3cnn(C)c3)n2)C1. The van der Waals surface area contributed by atoms with Crippen molar-refractivity contribution in [3.05, 3.63) is 23.5 Å². The van der Waals surface area contributed by atoms with Crippen LogP contribution in [-0.2, 0) is 7.05 Å². The number of rotatable bonds is 5. The molecule has 3 rings (SSSR count). The summed E-state index contributed by atoms with van der Waals surface area (Å²) in [5, 5.41) is 9.85. The molecule has 3 heterocycles. The fourth-order valence-corrected chi connectivity index (χ4v) is 3.88. The van der Waals surface area contributed by atoms with Crippen LogP contribution in [0.15, 0.2) is 17.8 Å². The van der Waals surface area contributed by atoms with Crippen molar-refractivity contribution in [2.75, 3.05) is 19.6 Å². The van der Waals surface area contributed by atoms with Crippen molar-refractivity contribution in [1.82, 2.24) is 25.0 Å². The molecule has 0 saturated carbocycles. The van der Waals surface area contributed by atoms with Gasteiger partial charge < -0.3 is 10.2 Å². The molecule has 7 heteroatoms. The van der Waals surface area contributed by atoms with Crippen LogP contribution in [0.4, 0.5) is 0 Å². The number of amides is 1. The first-order valence-electron chi connectivity index (χ1n) is 8.49. The van der Waals surface area contributed by atoms with E-state index in [2.05, 4.69) is 34.1 Å². The van der Waals surface area contributed by atoms with E-state index in [1.807, 2.05) is 18.6 Å². The fourth-order valence-electron chi connectivity index (χ4n) is 3.10. The molecule has 0 aliphatic carbocycles. The summed E-state index contributed by atoms with van der Waals surface area (Å²) >= 11 is 1.48. The lowest BCUT2D eigenvalue weighted by molar-refractivity contribution is 0.0918. The minimum absolute atomic E-state index is 0.0805. The van der Waals surface area contributed by atoms with E-state index in [1.165, 1.54) is 30.7 Å². The number of nitrogens with zero attached hydrogens (tertiary/aromatic N) is 4. The molecule has 2 aromatic rings. The number of thiazole rings is 1. The Morgan fingerprint density at radius 1 is 1.50 bits per heavy atom. The molecule has 0 bridgehead atoms. The first-order chi connectivity index (χ1) is 11.5. The van der Waals surface area contributed by atoms with Gasteiger partial charge in [0.1, 0.15) is 10.7 Å². The summed E-state index contributed by atoms with van der Waals surface area (Å²) in [6.07, 6.45) is 6.06. The van der Waals surface area contributed by atoms with Gasteiger partial charge in [-0.2, -0.15) is 5.10 Å². The normalized spacial score (nSPS) is 18.9. The molecular weight excluding hydrogens is 322 g/mol. The Kier molecular flexibility index (Phi) is 5.30. The van der Waals surface area contributed by atoms with Gasteiger partial charge in [-0.25, -0.2) is 4.98 Å². The topological polar surface area (TPSA) is 63.1 Å². The summed E-state index contributed by atoms with van der Waals surface area (Å²) in [6.45, 7) is 7.42. The Labute approximate surface area is 146 Å². The summed E-state index contributed by atoms with van der Waals surface area (Å²) < 4.78 is 1.74. The predicted molar refractivity (Wildman–Crippen MR) is 96.1 cm³/mol. The molecule has 1 N–H and O–H groups in total. The molecule has 2 aromatic heterocycles. The van der Waals surface area contributed by atoms with Crippen LogP contribution in [0.3, 0.4) is 0 Å². The Hall–Kier alpha value is -1.73. The van der Waals surface area contributed by atoms with E-state index in [1.54, 1.807) is 10.9 Å². The standard InChI is InChI=1S/C17H25N5OS/c1-12(2)22-6-4-5-13(9-22)7-18-16(23)15-11-24-17(20-15)14-8-19-21(3)10-14/h8,10-13H,4-7,9H2,1-3H3,(H,18,23)/t13-/m0/s1. The van der Waals surface area contributed by atoms with Crippen molar-refractivity contribution >= 4 is 17.2 Å². The van der Waals surface area contributed by atoms with Crippen LogP contribution in [0.5, 0.6) is 0 Å². The molecule has 1 atom stereocenters. The van der Waals surface area contributed by atoms with E-state index in [0.29, 0.717) is 17.7 Å². The van der Waals surface area contributed by atoms with Gasteiger partial charge in [-0.3, -0.25) is 9.48 Å². The second kappa shape index (κ2) is 7.44. The highest BCUT2D eigenvalue weighted by Gasteiger charge is 2.22. The van der Waals surface area contributed by atoms with E-state index < -0.39 is 0 Å². The van der Waals surface area contributed by atoms with Gasteiger partial charge in [-0.05, 0) is 39.2 Å². The minimum atomic E-state index is -0.0805. The third-order valence-corrected chi connectivity index (χ3v) is 5.41. The Morgan fingerprint density at radius 3 is 3.04 bits per heavy atom. The molecular formula is C17H25N5OS. The van der Waals surface area contributed by atoms with Gasteiger partial charge in [-0.15, -0.1) is 11.3 Å². The lowest BCUT2D eigenvalue weighted by Crippen LogP contribution is -2.43. The largest absolute Gasteiger partial charge is 0.350 e. The number of carbonyl (C=O) groups excluding carboxylic acids is 1. The Balaban J connectivity index is 1.55. The monoisotopic (exact) mass is 347 g/mol.